The number of halogens is 1. The first-order valence-corrected chi connectivity index (χ1v) is 7.23. The van der Waals surface area contributed by atoms with Crippen molar-refractivity contribution in [2.75, 3.05) is 17.7 Å². The zero-order valence-electron chi connectivity index (χ0n) is 10.5. The molecular formula is C15H14ClNOS. The molecule has 0 heterocycles. The van der Waals surface area contributed by atoms with Gasteiger partial charge in [-0.2, -0.15) is 0 Å². The lowest BCUT2D eigenvalue weighted by molar-refractivity contribution is -0.115. The number of carbonyl (C=O) groups is 1. The molecular weight excluding hydrogens is 278 g/mol. The molecule has 2 aromatic rings. The summed E-state index contributed by atoms with van der Waals surface area (Å²) in [7, 11) is 1.79. The summed E-state index contributed by atoms with van der Waals surface area (Å²) in [5.41, 5.74) is 0.902. The van der Waals surface area contributed by atoms with E-state index in [1.54, 1.807) is 11.9 Å². The summed E-state index contributed by atoms with van der Waals surface area (Å²) in [6.45, 7) is 0. The fourth-order valence-corrected chi connectivity index (χ4v) is 2.72. The molecule has 0 aliphatic rings. The Balaban J connectivity index is 1.95. The lowest BCUT2D eigenvalue weighted by Gasteiger charge is -2.16. The molecule has 0 aliphatic heterocycles. The summed E-state index contributed by atoms with van der Waals surface area (Å²) in [6.07, 6.45) is 0. The highest BCUT2D eigenvalue weighted by atomic mass is 35.5. The third kappa shape index (κ3) is 4.01. The first-order valence-electron chi connectivity index (χ1n) is 5.87. The quantitative estimate of drug-likeness (QED) is 0.791. The van der Waals surface area contributed by atoms with Crippen molar-refractivity contribution in [2.24, 2.45) is 0 Å². The number of anilines is 1. The van der Waals surface area contributed by atoms with Gasteiger partial charge in [-0.15, -0.1) is 11.8 Å². The Morgan fingerprint density at radius 1 is 1.16 bits per heavy atom. The number of thioether (sulfide) groups is 1. The fourth-order valence-electron chi connectivity index (χ4n) is 1.59. The second-order valence-corrected chi connectivity index (χ2v) is 5.52. The summed E-state index contributed by atoms with van der Waals surface area (Å²) in [5.74, 6) is 0.460. The van der Waals surface area contributed by atoms with Crippen LogP contribution in [0.5, 0.6) is 0 Å². The molecule has 0 aliphatic carbocycles. The minimum absolute atomic E-state index is 0.0659. The van der Waals surface area contributed by atoms with Crippen LogP contribution in [0.1, 0.15) is 0 Å². The van der Waals surface area contributed by atoms with Crippen LogP contribution in [0.2, 0.25) is 5.02 Å². The molecule has 0 unspecified atom stereocenters. The monoisotopic (exact) mass is 291 g/mol. The largest absolute Gasteiger partial charge is 0.315 e. The van der Waals surface area contributed by atoms with E-state index in [0.29, 0.717) is 10.8 Å². The fraction of sp³-hybridized carbons (Fsp3) is 0.133. The molecule has 0 atom stereocenters. The number of amides is 1. The van der Waals surface area contributed by atoms with Crippen LogP contribution in [0.15, 0.2) is 59.5 Å². The van der Waals surface area contributed by atoms with E-state index in [1.165, 1.54) is 11.8 Å². The van der Waals surface area contributed by atoms with Gasteiger partial charge in [0.05, 0.1) is 5.75 Å². The Morgan fingerprint density at radius 3 is 2.58 bits per heavy atom. The van der Waals surface area contributed by atoms with E-state index in [-0.39, 0.29) is 5.91 Å². The summed E-state index contributed by atoms with van der Waals surface area (Å²) in [6, 6.07) is 17.1. The minimum Gasteiger partial charge on any atom is -0.315 e. The first-order chi connectivity index (χ1) is 9.16. The maximum Gasteiger partial charge on any atom is 0.237 e. The van der Waals surface area contributed by atoms with Gasteiger partial charge in [-0.25, -0.2) is 0 Å². The first kappa shape index (κ1) is 14.0. The van der Waals surface area contributed by atoms with Crippen LogP contribution in [0.25, 0.3) is 0 Å². The maximum absolute atomic E-state index is 12.1. The van der Waals surface area contributed by atoms with Crippen molar-refractivity contribution in [3.05, 3.63) is 59.6 Å². The van der Waals surface area contributed by atoms with Crippen LogP contribution >= 0.6 is 23.4 Å². The van der Waals surface area contributed by atoms with Gasteiger partial charge in [0.15, 0.2) is 0 Å². The molecule has 0 saturated heterocycles. The van der Waals surface area contributed by atoms with E-state index in [1.807, 2.05) is 54.6 Å². The van der Waals surface area contributed by atoms with Gasteiger partial charge in [0.25, 0.3) is 0 Å². The lowest BCUT2D eigenvalue weighted by atomic mass is 10.3. The normalized spacial score (nSPS) is 10.2. The third-order valence-corrected chi connectivity index (χ3v) is 3.89. The molecule has 1 amide bonds. The molecule has 0 saturated carbocycles. The molecule has 0 N–H and O–H groups in total. The zero-order chi connectivity index (χ0) is 13.7. The van der Waals surface area contributed by atoms with E-state index in [4.69, 9.17) is 11.6 Å². The second-order valence-electron chi connectivity index (χ2n) is 4.03. The van der Waals surface area contributed by atoms with Crippen LogP contribution in [0, 0.1) is 0 Å². The van der Waals surface area contributed by atoms with Gasteiger partial charge in [-0.1, -0.05) is 35.9 Å². The Kier molecular flexibility index (Phi) is 4.88. The van der Waals surface area contributed by atoms with Crippen LogP contribution in [0.3, 0.4) is 0 Å². The Labute approximate surface area is 122 Å². The number of hydrogen-bond acceptors (Lipinski definition) is 2. The van der Waals surface area contributed by atoms with Gasteiger partial charge < -0.3 is 4.90 Å². The molecule has 19 heavy (non-hydrogen) atoms. The number of carbonyl (C=O) groups excluding carboxylic acids is 1. The predicted octanol–water partition coefficient (Wildman–Crippen LogP) is 4.10. The molecule has 2 rings (SSSR count). The predicted molar refractivity (Wildman–Crippen MR) is 82.0 cm³/mol. The summed E-state index contributed by atoms with van der Waals surface area (Å²) >= 11 is 7.40. The van der Waals surface area contributed by atoms with Gasteiger partial charge in [-0.05, 0) is 30.3 Å². The average molecular weight is 292 g/mol. The molecule has 2 aromatic carbocycles. The SMILES string of the molecule is CN(C(=O)CSc1cccc(Cl)c1)c1ccccc1. The van der Waals surface area contributed by atoms with E-state index in [9.17, 15) is 4.79 Å². The van der Waals surface area contributed by atoms with Crippen molar-refractivity contribution in [2.45, 2.75) is 4.90 Å². The highest BCUT2D eigenvalue weighted by Crippen LogP contribution is 2.22. The van der Waals surface area contributed by atoms with Crippen LogP contribution in [0.4, 0.5) is 5.69 Å². The Hall–Kier alpha value is -1.45. The Bertz CT molecular complexity index is 559. The van der Waals surface area contributed by atoms with Crippen molar-refractivity contribution in [3.8, 4) is 0 Å². The highest BCUT2D eigenvalue weighted by Gasteiger charge is 2.10. The van der Waals surface area contributed by atoms with Crippen molar-refractivity contribution in [1.82, 2.24) is 0 Å². The third-order valence-electron chi connectivity index (χ3n) is 2.68. The summed E-state index contributed by atoms with van der Waals surface area (Å²) in [4.78, 5) is 14.7. The van der Waals surface area contributed by atoms with Crippen LogP contribution in [-0.4, -0.2) is 18.7 Å². The van der Waals surface area contributed by atoms with Crippen LogP contribution < -0.4 is 4.90 Å². The van der Waals surface area contributed by atoms with E-state index in [2.05, 4.69) is 0 Å². The molecule has 0 bridgehead atoms. The van der Waals surface area contributed by atoms with Crippen LogP contribution in [-0.2, 0) is 4.79 Å². The maximum atomic E-state index is 12.1. The topological polar surface area (TPSA) is 20.3 Å². The van der Waals surface area contributed by atoms with E-state index >= 15 is 0 Å². The number of benzene rings is 2. The standard InChI is InChI=1S/C15H14ClNOS/c1-17(13-7-3-2-4-8-13)15(18)11-19-14-9-5-6-12(16)10-14/h2-10H,11H2,1H3. The highest BCUT2D eigenvalue weighted by molar-refractivity contribution is 8.00. The average Bonchev–Trinajstić information content (AvgIpc) is 2.45. The van der Waals surface area contributed by atoms with E-state index in [0.717, 1.165) is 10.6 Å². The smallest absolute Gasteiger partial charge is 0.237 e. The second kappa shape index (κ2) is 6.64. The number of hydrogen-bond donors (Lipinski definition) is 0. The van der Waals surface area contributed by atoms with Gasteiger partial charge in [0, 0.05) is 22.7 Å². The number of para-hydroxylation sites is 1. The molecule has 98 valence electrons. The van der Waals surface area contributed by atoms with Gasteiger partial charge in [0.2, 0.25) is 5.91 Å². The minimum atomic E-state index is 0.0659. The summed E-state index contributed by atoms with van der Waals surface area (Å²) in [5, 5.41) is 0.689. The zero-order valence-corrected chi connectivity index (χ0v) is 12.1. The van der Waals surface area contributed by atoms with Crippen molar-refractivity contribution >= 4 is 35.0 Å². The number of nitrogens with zero attached hydrogens (tertiary/aromatic N) is 1. The van der Waals surface area contributed by atoms with Crippen molar-refractivity contribution < 1.29 is 4.79 Å². The van der Waals surface area contributed by atoms with E-state index < -0.39 is 0 Å². The lowest BCUT2D eigenvalue weighted by Crippen LogP contribution is -2.27. The van der Waals surface area contributed by atoms with Gasteiger partial charge >= 0.3 is 0 Å². The molecule has 0 fully saturated rings. The van der Waals surface area contributed by atoms with Crippen molar-refractivity contribution in [1.29, 1.82) is 0 Å². The van der Waals surface area contributed by atoms with Gasteiger partial charge in [0.1, 0.15) is 0 Å². The molecule has 4 heteroatoms. The molecule has 2 nitrogen and oxygen atoms in total. The molecule has 0 spiro atoms. The summed E-state index contributed by atoms with van der Waals surface area (Å²) < 4.78 is 0. The van der Waals surface area contributed by atoms with Crippen molar-refractivity contribution in [3.63, 3.8) is 0 Å². The molecule has 0 aromatic heterocycles. The number of rotatable bonds is 4. The molecule has 0 radical (unpaired) electrons. The van der Waals surface area contributed by atoms with Gasteiger partial charge in [-0.3, -0.25) is 4.79 Å². The Morgan fingerprint density at radius 2 is 1.89 bits per heavy atom.